The quantitative estimate of drug-likeness (QED) is 0.752. The molecular weight excluding hydrogens is 178 g/mol. The van der Waals surface area contributed by atoms with Crippen molar-refractivity contribution in [3.05, 3.63) is 28.7 Å². The minimum absolute atomic E-state index is 0.0626. The van der Waals surface area contributed by atoms with Crippen LogP contribution in [0.25, 0.3) is 0 Å². The van der Waals surface area contributed by atoms with Gasteiger partial charge in [0.05, 0.1) is 5.54 Å². The fraction of sp³-hybridized carbons (Fsp3) is 0.600. The highest BCUT2D eigenvalue weighted by molar-refractivity contribution is 4.99. The van der Waals surface area contributed by atoms with Gasteiger partial charge in [0.2, 0.25) is 0 Å². The molecule has 1 unspecified atom stereocenters. The molecule has 1 aliphatic rings. The van der Waals surface area contributed by atoms with Gasteiger partial charge >= 0.3 is 0 Å². The minimum atomic E-state index is -0.293. The van der Waals surface area contributed by atoms with Gasteiger partial charge in [-0.05, 0) is 31.7 Å². The van der Waals surface area contributed by atoms with E-state index in [1.807, 2.05) is 6.92 Å². The molecule has 1 aliphatic carbocycles. The van der Waals surface area contributed by atoms with Crippen LogP contribution < -0.4 is 11.3 Å². The van der Waals surface area contributed by atoms with Crippen LogP contribution in [0.2, 0.25) is 0 Å². The third kappa shape index (κ3) is 1.35. The Bertz CT molecular complexity index is 383. The van der Waals surface area contributed by atoms with Crippen molar-refractivity contribution in [3.63, 3.8) is 0 Å². The standard InChI is InChI=1S/C10H15N3O/c1-10(7-11,8-4-5-8)13-9(14)3-2-6-12-13/h2-3,6,8H,4-5,7,11H2,1H3. The Morgan fingerprint density at radius 3 is 2.93 bits per heavy atom. The summed E-state index contributed by atoms with van der Waals surface area (Å²) in [6, 6.07) is 3.19. The maximum atomic E-state index is 11.6. The molecule has 0 amide bonds. The van der Waals surface area contributed by atoms with Crippen molar-refractivity contribution < 1.29 is 0 Å². The second kappa shape index (κ2) is 3.20. The van der Waals surface area contributed by atoms with E-state index in [1.165, 1.54) is 10.7 Å². The molecule has 0 saturated heterocycles. The van der Waals surface area contributed by atoms with Crippen LogP contribution in [0.1, 0.15) is 19.8 Å². The SMILES string of the molecule is CC(CN)(C1CC1)n1ncccc1=O. The molecule has 0 aliphatic heterocycles. The predicted molar refractivity (Wildman–Crippen MR) is 53.9 cm³/mol. The lowest BCUT2D eigenvalue weighted by Gasteiger charge is -2.28. The first-order chi connectivity index (χ1) is 6.68. The fourth-order valence-electron chi connectivity index (χ4n) is 1.87. The van der Waals surface area contributed by atoms with Crippen molar-refractivity contribution in [1.82, 2.24) is 9.78 Å². The summed E-state index contributed by atoms with van der Waals surface area (Å²) in [6.45, 7) is 2.48. The first-order valence-corrected chi connectivity index (χ1v) is 4.93. The van der Waals surface area contributed by atoms with Crippen LogP contribution in [-0.4, -0.2) is 16.3 Å². The monoisotopic (exact) mass is 193 g/mol. The molecule has 0 spiro atoms. The molecule has 4 nitrogen and oxygen atoms in total. The van der Waals surface area contributed by atoms with E-state index in [2.05, 4.69) is 5.10 Å². The summed E-state index contributed by atoms with van der Waals surface area (Å²) >= 11 is 0. The normalized spacial score (nSPS) is 20.4. The number of rotatable bonds is 3. The molecule has 0 aromatic carbocycles. The van der Waals surface area contributed by atoms with E-state index in [9.17, 15) is 4.79 Å². The molecule has 4 heteroatoms. The van der Waals surface area contributed by atoms with E-state index >= 15 is 0 Å². The van der Waals surface area contributed by atoms with Crippen molar-refractivity contribution in [1.29, 1.82) is 0 Å². The highest BCUT2D eigenvalue weighted by Crippen LogP contribution is 2.42. The molecule has 0 radical (unpaired) electrons. The second-order valence-electron chi connectivity index (χ2n) is 4.11. The van der Waals surface area contributed by atoms with Crippen LogP contribution in [0.15, 0.2) is 23.1 Å². The average molecular weight is 193 g/mol. The van der Waals surface area contributed by atoms with E-state index in [1.54, 1.807) is 12.3 Å². The van der Waals surface area contributed by atoms with Crippen molar-refractivity contribution in [2.75, 3.05) is 6.54 Å². The Hall–Kier alpha value is -1.16. The largest absolute Gasteiger partial charge is 0.328 e. The van der Waals surface area contributed by atoms with Crippen molar-refractivity contribution in [2.45, 2.75) is 25.3 Å². The van der Waals surface area contributed by atoms with E-state index in [4.69, 9.17) is 5.73 Å². The first kappa shape index (κ1) is 9.40. The van der Waals surface area contributed by atoms with Crippen LogP contribution in [0.4, 0.5) is 0 Å². The van der Waals surface area contributed by atoms with E-state index in [0.29, 0.717) is 12.5 Å². The van der Waals surface area contributed by atoms with Gasteiger partial charge in [-0.1, -0.05) is 0 Å². The van der Waals surface area contributed by atoms with Gasteiger partial charge in [-0.3, -0.25) is 4.79 Å². The average Bonchev–Trinajstić information content (AvgIpc) is 3.01. The molecule has 1 fully saturated rings. The van der Waals surface area contributed by atoms with Crippen molar-refractivity contribution in [2.24, 2.45) is 11.7 Å². The molecule has 1 atom stereocenters. The van der Waals surface area contributed by atoms with Gasteiger partial charge in [-0.25, -0.2) is 4.68 Å². The molecule has 1 aromatic rings. The predicted octanol–water partition coefficient (Wildman–Crippen LogP) is 0.327. The second-order valence-corrected chi connectivity index (χ2v) is 4.11. The highest BCUT2D eigenvalue weighted by atomic mass is 16.1. The lowest BCUT2D eigenvalue weighted by atomic mass is 9.96. The summed E-state index contributed by atoms with van der Waals surface area (Å²) < 4.78 is 1.53. The number of nitrogens with zero attached hydrogens (tertiary/aromatic N) is 2. The Kier molecular flexibility index (Phi) is 2.15. The molecule has 76 valence electrons. The van der Waals surface area contributed by atoms with Crippen LogP contribution in [-0.2, 0) is 5.54 Å². The Balaban J connectivity index is 2.45. The molecule has 14 heavy (non-hydrogen) atoms. The highest BCUT2D eigenvalue weighted by Gasteiger charge is 2.43. The zero-order valence-corrected chi connectivity index (χ0v) is 8.31. The maximum absolute atomic E-state index is 11.6. The van der Waals surface area contributed by atoms with Gasteiger partial charge < -0.3 is 5.73 Å². The Morgan fingerprint density at radius 1 is 1.71 bits per heavy atom. The van der Waals surface area contributed by atoms with Gasteiger partial charge in [0.1, 0.15) is 0 Å². The summed E-state index contributed by atoms with van der Waals surface area (Å²) in [7, 11) is 0. The summed E-state index contributed by atoms with van der Waals surface area (Å²) in [5.41, 5.74) is 5.39. The van der Waals surface area contributed by atoms with Crippen LogP contribution in [0, 0.1) is 5.92 Å². The maximum Gasteiger partial charge on any atom is 0.267 e. The smallest absolute Gasteiger partial charge is 0.267 e. The van der Waals surface area contributed by atoms with Crippen LogP contribution in [0.3, 0.4) is 0 Å². The molecule has 1 heterocycles. The topological polar surface area (TPSA) is 60.9 Å². The number of aromatic nitrogens is 2. The zero-order chi connectivity index (χ0) is 10.2. The Morgan fingerprint density at radius 2 is 2.43 bits per heavy atom. The number of nitrogens with two attached hydrogens (primary N) is 1. The summed E-state index contributed by atoms with van der Waals surface area (Å²) in [4.78, 5) is 11.6. The fourth-order valence-corrected chi connectivity index (χ4v) is 1.87. The lowest BCUT2D eigenvalue weighted by molar-refractivity contribution is 0.241. The van der Waals surface area contributed by atoms with Gasteiger partial charge in [0.25, 0.3) is 5.56 Å². The number of hydrogen-bond acceptors (Lipinski definition) is 3. The molecule has 0 bridgehead atoms. The summed E-state index contributed by atoms with van der Waals surface area (Å²) in [5.74, 6) is 0.514. The third-order valence-electron chi connectivity index (χ3n) is 3.07. The molecular formula is C10H15N3O. The summed E-state index contributed by atoms with van der Waals surface area (Å²) in [6.07, 6.45) is 3.94. The zero-order valence-electron chi connectivity index (χ0n) is 8.31. The van der Waals surface area contributed by atoms with Crippen LogP contribution >= 0.6 is 0 Å². The van der Waals surface area contributed by atoms with E-state index in [-0.39, 0.29) is 11.1 Å². The molecule has 1 aromatic heterocycles. The van der Waals surface area contributed by atoms with Crippen molar-refractivity contribution in [3.8, 4) is 0 Å². The van der Waals surface area contributed by atoms with E-state index < -0.39 is 0 Å². The summed E-state index contributed by atoms with van der Waals surface area (Å²) in [5, 5.41) is 4.11. The van der Waals surface area contributed by atoms with Crippen molar-refractivity contribution >= 4 is 0 Å². The van der Waals surface area contributed by atoms with Crippen LogP contribution in [0.5, 0.6) is 0 Å². The van der Waals surface area contributed by atoms with Gasteiger partial charge in [-0.2, -0.15) is 5.10 Å². The number of hydrogen-bond donors (Lipinski definition) is 1. The molecule has 2 N–H and O–H groups in total. The molecule has 1 saturated carbocycles. The van der Waals surface area contributed by atoms with Gasteiger partial charge in [0, 0.05) is 18.8 Å². The Labute approximate surface area is 82.7 Å². The lowest BCUT2D eigenvalue weighted by Crippen LogP contribution is -2.47. The van der Waals surface area contributed by atoms with Gasteiger partial charge in [-0.15, -0.1) is 0 Å². The van der Waals surface area contributed by atoms with Gasteiger partial charge in [0.15, 0.2) is 0 Å². The third-order valence-corrected chi connectivity index (χ3v) is 3.07. The first-order valence-electron chi connectivity index (χ1n) is 4.93. The molecule has 2 rings (SSSR count). The minimum Gasteiger partial charge on any atom is -0.328 e. The van der Waals surface area contributed by atoms with E-state index in [0.717, 1.165) is 12.8 Å².